The number of fused-ring (bicyclic) bond motifs is 1. The van der Waals surface area contributed by atoms with E-state index < -0.39 is 10.0 Å². The van der Waals surface area contributed by atoms with Crippen LogP contribution in [-0.2, 0) is 16.6 Å². The maximum atomic E-state index is 11.3. The summed E-state index contributed by atoms with van der Waals surface area (Å²) in [6.45, 7) is 0.430. The predicted octanol–water partition coefficient (Wildman–Crippen LogP) is 1.19. The van der Waals surface area contributed by atoms with Crippen molar-refractivity contribution in [3.63, 3.8) is 0 Å². The molecule has 7 nitrogen and oxygen atoms in total. The van der Waals surface area contributed by atoms with E-state index in [-0.39, 0.29) is 4.90 Å². The van der Waals surface area contributed by atoms with Crippen molar-refractivity contribution in [2.75, 3.05) is 5.73 Å². The van der Waals surface area contributed by atoms with Crippen molar-refractivity contribution < 1.29 is 8.42 Å². The summed E-state index contributed by atoms with van der Waals surface area (Å²) in [4.78, 5) is 4.31. The lowest BCUT2D eigenvalue weighted by molar-refractivity contribution is 0.597. The van der Waals surface area contributed by atoms with E-state index in [4.69, 9.17) is 16.1 Å². The zero-order valence-electron chi connectivity index (χ0n) is 12.0. The van der Waals surface area contributed by atoms with Crippen molar-refractivity contribution >= 4 is 27.0 Å². The van der Waals surface area contributed by atoms with Gasteiger partial charge in [0.1, 0.15) is 0 Å². The summed E-state index contributed by atoms with van der Waals surface area (Å²) in [5, 5.41) is 14.0. The van der Waals surface area contributed by atoms with Gasteiger partial charge in [0.05, 0.1) is 34.1 Å². The van der Waals surface area contributed by atoms with Crippen LogP contribution >= 0.6 is 0 Å². The Bertz CT molecular complexity index is 1030. The average Bonchev–Trinajstić information content (AvgIpc) is 2.82. The van der Waals surface area contributed by atoms with Gasteiger partial charge in [-0.3, -0.25) is 0 Å². The van der Waals surface area contributed by atoms with Crippen LogP contribution in [0.4, 0.5) is 5.95 Å². The number of aromatic nitrogens is 2. The molecule has 1 aromatic heterocycles. The van der Waals surface area contributed by atoms with Crippen molar-refractivity contribution in [1.29, 1.82) is 5.26 Å². The van der Waals surface area contributed by atoms with E-state index in [0.29, 0.717) is 23.6 Å². The van der Waals surface area contributed by atoms with E-state index in [1.807, 2.05) is 0 Å². The lowest BCUT2D eigenvalue weighted by atomic mass is 10.2. The minimum absolute atomic E-state index is 0.0587. The minimum atomic E-state index is -3.71. The fraction of sp³-hybridized carbons (Fsp3) is 0.0667. The van der Waals surface area contributed by atoms with E-state index in [1.54, 1.807) is 34.9 Å². The first-order valence-electron chi connectivity index (χ1n) is 6.66. The Morgan fingerprint density at radius 1 is 1.17 bits per heavy atom. The number of sulfonamides is 1. The number of anilines is 1. The number of nitrogen functional groups attached to an aromatic ring is 1. The highest BCUT2D eigenvalue weighted by molar-refractivity contribution is 7.89. The van der Waals surface area contributed by atoms with Crippen LogP contribution < -0.4 is 10.9 Å². The van der Waals surface area contributed by atoms with Gasteiger partial charge in [0, 0.05) is 0 Å². The fourth-order valence-electron chi connectivity index (χ4n) is 2.35. The van der Waals surface area contributed by atoms with Crippen LogP contribution in [0.2, 0.25) is 0 Å². The molecule has 1 heterocycles. The van der Waals surface area contributed by atoms with Crippen LogP contribution in [0.15, 0.2) is 47.4 Å². The SMILES string of the molecule is N#Cc1ccc2c(c1)nc(N)n2Cc1ccc(S(N)(=O)=O)cc1. The number of hydrogen-bond donors (Lipinski definition) is 2. The zero-order valence-corrected chi connectivity index (χ0v) is 12.8. The normalized spacial score (nSPS) is 11.5. The Morgan fingerprint density at radius 2 is 1.87 bits per heavy atom. The monoisotopic (exact) mass is 327 g/mol. The molecule has 0 bridgehead atoms. The third kappa shape index (κ3) is 2.88. The number of nitrogens with two attached hydrogens (primary N) is 2. The molecule has 0 atom stereocenters. The molecule has 0 radical (unpaired) electrons. The zero-order chi connectivity index (χ0) is 16.6. The van der Waals surface area contributed by atoms with Gasteiger partial charge in [-0.15, -0.1) is 0 Å². The molecule has 3 rings (SSSR count). The number of hydrogen-bond acceptors (Lipinski definition) is 5. The van der Waals surface area contributed by atoms with Crippen molar-refractivity contribution in [1.82, 2.24) is 9.55 Å². The van der Waals surface area contributed by atoms with Crippen molar-refractivity contribution in [2.24, 2.45) is 5.14 Å². The van der Waals surface area contributed by atoms with E-state index >= 15 is 0 Å². The number of nitriles is 1. The summed E-state index contributed by atoms with van der Waals surface area (Å²) in [5.41, 5.74) is 8.76. The molecular weight excluding hydrogens is 314 g/mol. The third-order valence-electron chi connectivity index (χ3n) is 3.50. The molecule has 0 saturated carbocycles. The second-order valence-corrected chi connectivity index (χ2v) is 6.62. The molecule has 8 heteroatoms. The Hall–Kier alpha value is -2.89. The first kappa shape index (κ1) is 15.0. The van der Waals surface area contributed by atoms with Crippen LogP contribution in [0.1, 0.15) is 11.1 Å². The van der Waals surface area contributed by atoms with Gasteiger partial charge in [-0.25, -0.2) is 18.5 Å². The van der Waals surface area contributed by atoms with Gasteiger partial charge in [0.15, 0.2) is 0 Å². The second kappa shape index (κ2) is 5.39. The van der Waals surface area contributed by atoms with Gasteiger partial charge < -0.3 is 10.3 Å². The van der Waals surface area contributed by atoms with E-state index in [0.717, 1.165) is 11.1 Å². The standard InChI is InChI=1S/C15H13N5O2S/c16-8-11-3-6-14-13(7-11)19-15(17)20(14)9-10-1-4-12(5-2-10)23(18,21)22/h1-7H,9H2,(H2,17,19)(H2,18,21,22). The van der Waals surface area contributed by atoms with Gasteiger partial charge in [0.25, 0.3) is 0 Å². The van der Waals surface area contributed by atoms with Gasteiger partial charge in [0.2, 0.25) is 16.0 Å². The lowest BCUT2D eigenvalue weighted by Gasteiger charge is -2.07. The predicted molar refractivity (Wildman–Crippen MR) is 85.8 cm³/mol. The number of nitrogens with zero attached hydrogens (tertiary/aromatic N) is 3. The van der Waals surface area contributed by atoms with Crippen molar-refractivity contribution in [3.05, 3.63) is 53.6 Å². The molecule has 3 aromatic rings. The van der Waals surface area contributed by atoms with Gasteiger partial charge >= 0.3 is 0 Å². The number of rotatable bonds is 3. The molecule has 2 aromatic carbocycles. The minimum Gasteiger partial charge on any atom is -0.369 e. The summed E-state index contributed by atoms with van der Waals surface area (Å²) in [7, 11) is -3.71. The average molecular weight is 327 g/mol. The molecule has 0 amide bonds. The maximum Gasteiger partial charge on any atom is 0.238 e. The first-order chi connectivity index (χ1) is 10.9. The van der Waals surface area contributed by atoms with Gasteiger partial charge in [-0.1, -0.05) is 12.1 Å². The third-order valence-corrected chi connectivity index (χ3v) is 4.43. The Labute approximate surface area is 132 Å². The Morgan fingerprint density at radius 3 is 2.48 bits per heavy atom. The highest BCUT2D eigenvalue weighted by Gasteiger charge is 2.11. The van der Waals surface area contributed by atoms with E-state index in [2.05, 4.69) is 11.1 Å². The molecule has 0 fully saturated rings. The maximum absolute atomic E-state index is 11.3. The summed E-state index contributed by atoms with van der Waals surface area (Å²) in [5.74, 6) is 0.325. The molecular formula is C15H13N5O2S. The molecule has 0 saturated heterocycles. The van der Waals surface area contributed by atoms with E-state index in [1.165, 1.54) is 12.1 Å². The van der Waals surface area contributed by atoms with Crippen LogP contribution in [0.3, 0.4) is 0 Å². The Balaban J connectivity index is 1.99. The fourth-order valence-corrected chi connectivity index (χ4v) is 2.87. The molecule has 0 aliphatic carbocycles. The molecule has 23 heavy (non-hydrogen) atoms. The Kier molecular flexibility index (Phi) is 3.52. The molecule has 0 aliphatic rings. The smallest absolute Gasteiger partial charge is 0.238 e. The summed E-state index contributed by atoms with van der Waals surface area (Å²) < 4.78 is 24.3. The highest BCUT2D eigenvalue weighted by Crippen LogP contribution is 2.21. The van der Waals surface area contributed by atoms with Crippen LogP contribution in [-0.4, -0.2) is 18.0 Å². The van der Waals surface area contributed by atoms with Crippen LogP contribution in [0, 0.1) is 11.3 Å². The lowest BCUT2D eigenvalue weighted by Crippen LogP contribution is -2.12. The molecule has 0 unspecified atom stereocenters. The number of benzene rings is 2. The topological polar surface area (TPSA) is 128 Å². The molecule has 0 spiro atoms. The van der Waals surface area contributed by atoms with Crippen LogP contribution in [0.5, 0.6) is 0 Å². The first-order valence-corrected chi connectivity index (χ1v) is 8.21. The largest absolute Gasteiger partial charge is 0.369 e. The van der Waals surface area contributed by atoms with Crippen molar-refractivity contribution in [2.45, 2.75) is 11.4 Å². The number of imidazole rings is 1. The quantitative estimate of drug-likeness (QED) is 0.746. The highest BCUT2D eigenvalue weighted by atomic mass is 32.2. The summed E-state index contributed by atoms with van der Waals surface area (Å²) in [6.07, 6.45) is 0. The van der Waals surface area contributed by atoms with Crippen LogP contribution in [0.25, 0.3) is 11.0 Å². The second-order valence-electron chi connectivity index (χ2n) is 5.06. The van der Waals surface area contributed by atoms with E-state index in [9.17, 15) is 8.42 Å². The molecule has 116 valence electrons. The molecule has 0 aliphatic heterocycles. The molecule has 4 N–H and O–H groups in total. The van der Waals surface area contributed by atoms with Gasteiger partial charge in [-0.2, -0.15) is 5.26 Å². The van der Waals surface area contributed by atoms with Gasteiger partial charge in [-0.05, 0) is 35.9 Å². The summed E-state index contributed by atoms with van der Waals surface area (Å²) >= 11 is 0. The summed E-state index contributed by atoms with van der Waals surface area (Å²) in [6, 6.07) is 13.5. The van der Waals surface area contributed by atoms with Crippen molar-refractivity contribution in [3.8, 4) is 6.07 Å². The number of primary sulfonamides is 1.